The van der Waals surface area contributed by atoms with Gasteiger partial charge in [0.1, 0.15) is 0 Å². The molecule has 0 fully saturated rings. The molecule has 0 spiro atoms. The van der Waals surface area contributed by atoms with E-state index in [1.54, 1.807) is 0 Å². The quantitative estimate of drug-likeness (QED) is 0.691. The Morgan fingerprint density at radius 1 is 1.62 bits per heavy atom. The van der Waals surface area contributed by atoms with E-state index in [-0.39, 0.29) is 0 Å². The van der Waals surface area contributed by atoms with E-state index in [4.69, 9.17) is 5.73 Å². The third kappa shape index (κ3) is 2.92. The molecule has 1 aromatic heterocycles. The van der Waals surface area contributed by atoms with Crippen LogP contribution in [0.4, 0.5) is 0 Å². The molecule has 13 heavy (non-hydrogen) atoms. The molecule has 0 atom stereocenters. The zero-order valence-electron chi connectivity index (χ0n) is 7.95. The number of imidazole rings is 1. The first-order chi connectivity index (χ1) is 6.38. The van der Waals surface area contributed by atoms with Crippen LogP contribution in [0, 0.1) is 11.8 Å². The molecule has 0 aliphatic carbocycles. The van der Waals surface area contributed by atoms with Crippen LogP contribution in [0.2, 0.25) is 0 Å². The molecular weight excluding hydrogens is 162 g/mol. The first kappa shape index (κ1) is 9.82. The van der Waals surface area contributed by atoms with Crippen LogP contribution in [0.5, 0.6) is 0 Å². The van der Waals surface area contributed by atoms with Crippen molar-refractivity contribution in [2.24, 2.45) is 5.73 Å². The second-order valence-corrected chi connectivity index (χ2v) is 2.79. The summed E-state index contributed by atoms with van der Waals surface area (Å²) >= 11 is 0. The molecular formula is C10H15N3. The van der Waals surface area contributed by atoms with Gasteiger partial charge in [-0.05, 0) is 13.5 Å². The fraction of sp³-hybridized carbons (Fsp3) is 0.500. The molecule has 0 saturated heterocycles. The first-order valence-corrected chi connectivity index (χ1v) is 4.47. The third-order valence-corrected chi connectivity index (χ3v) is 1.85. The lowest BCUT2D eigenvalue weighted by atomic mass is 10.3. The van der Waals surface area contributed by atoms with Gasteiger partial charge in [0.25, 0.3) is 0 Å². The monoisotopic (exact) mass is 177 g/mol. The highest BCUT2D eigenvalue weighted by molar-refractivity contribution is 5.01. The predicted octanol–water partition coefficient (Wildman–Crippen LogP) is 0.798. The van der Waals surface area contributed by atoms with Gasteiger partial charge in [-0.25, -0.2) is 4.98 Å². The molecule has 0 radical (unpaired) electrons. The smallest absolute Gasteiger partial charge is 0.0948 e. The standard InChI is InChI=1S/C10H15N3/c1-2-3-4-7-13-9-12-8-10(13)5-6-11/h8-9H,4-7,11H2,1H3. The summed E-state index contributed by atoms with van der Waals surface area (Å²) in [7, 11) is 0. The Bertz CT molecular complexity index is 303. The number of hydrogen-bond acceptors (Lipinski definition) is 2. The van der Waals surface area contributed by atoms with Gasteiger partial charge in [-0.3, -0.25) is 0 Å². The van der Waals surface area contributed by atoms with Crippen molar-refractivity contribution < 1.29 is 0 Å². The Morgan fingerprint density at radius 3 is 3.15 bits per heavy atom. The fourth-order valence-corrected chi connectivity index (χ4v) is 1.21. The molecule has 70 valence electrons. The van der Waals surface area contributed by atoms with E-state index in [1.807, 2.05) is 19.4 Å². The van der Waals surface area contributed by atoms with Crippen molar-refractivity contribution in [3.63, 3.8) is 0 Å². The maximum atomic E-state index is 5.47. The molecule has 0 unspecified atom stereocenters. The van der Waals surface area contributed by atoms with Crippen molar-refractivity contribution >= 4 is 0 Å². The second-order valence-electron chi connectivity index (χ2n) is 2.79. The van der Waals surface area contributed by atoms with E-state index in [0.29, 0.717) is 6.54 Å². The van der Waals surface area contributed by atoms with Gasteiger partial charge < -0.3 is 10.3 Å². The normalized spacial score (nSPS) is 9.38. The average molecular weight is 177 g/mol. The van der Waals surface area contributed by atoms with Gasteiger partial charge in [-0.15, -0.1) is 11.8 Å². The highest BCUT2D eigenvalue weighted by Gasteiger charge is 1.98. The zero-order valence-corrected chi connectivity index (χ0v) is 7.95. The number of hydrogen-bond donors (Lipinski definition) is 1. The van der Waals surface area contributed by atoms with Gasteiger partial charge in [0.05, 0.1) is 6.33 Å². The Kier molecular flexibility index (Phi) is 4.07. The third-order valence-electron chi connectivity index (χ3n) is 1.85. The Hall–Kier alpha value is -1.27. The van der Waals surface area contributed by atoms with Gasteiger partial charge in [-0.2, -0.15) is 0 Å². The molecule has 3 nitrogen and oxygen atoms in total. The minimum atomic E-state index is 0.672. The molecule has 1 rings (SSSR count). The van der Waals surface area contributed by atoms with E-state index >= 15 is 0 Å². The minimum absolute atomic E-state index is 0.672. The first-order valence-electron chi connectivity index (χ1n) is 4.47. The van der Waals surface area contributed by atoms with Gasteiger partial charge >= 0.3 is 0 Å². The lowest BCUT2D eigenvalue weighted by molar-refractivity contribution is 0.675. The zero-order chi connectivity index (χ0) is 9.52. The summed E-state index contributed by atoms with van der Waals surface area (Å²) < 4.78 is 2.11. The van der Waals surface area contributed by atoms with E-state index in [0.717, 1.165) is 19.4 Å². The molecule has 2 N–H and O–H groups in total. The van der Waals surface area contributed by atoms with E-state index < -0.39 is 0 Å². The summed E-state index contributed by atoms with van der Waals surface area (Å²) in [6, 6.07) is 0. The Morgan fingerprint density at radius 2 is 2.46 bits per heavy atom. The number of nitrogens with zero attached hydrogens (tertiary/aromatic N) is 2. The van der Waals surface area contributed by atoms with Crippen LogP contribution < -0.4 is 5.73 Å². The van der Waals surface area contributed by atoms with E-state index in [2.05, 4.69) is 21.4 Å². The Balaban J connectivity index is 2.52. The molecule has 1 heterocycles. The SMILES string of the molecule is CC#CCCn1cncc1CCN. The van der Waals surface area contributed by atoms with Gasteiger partial charge in [0, 0.05) is 31.3 Å². The topological polar surface area (TPSA) is 43.8 Å². The average Bonchev–Trinajstić information content (AvgIpc) is 2.54. The highest BCUT2D eigenvalue weighted by Crippen LogP contribution is 2.00. The van der Waals surface area contributed by atoms with Crippen molar-refractivity contribution in [2.45, 2.75) is 26.3 Å². The predicted molar refractivity (Wildman–Crippen MR) is 53.1 cm³/mol. The van der Waals surface area contributed by atoms with Crippen molar-refractivity contribution in [1.82, 2.24) is 9.55 Å². The minimum Gasteiger partial charge on any atom is -0.334 e. The van der Waals surface area contributed by atoms with Crippen LogP contribution >= 0.6 is 0 Å². The second kappa shape index (κ2) is 5.39. The molecule has 0 aromatic carbocycles. The van der Waals surface area contributed by atoms with Crippen LogP contribution in [0.1, 0.15) is 19.0 Å². The van der Waals surface area contributed by atoms with Gasteiger partial charge in [-0.1, -0.05) is 0 Å². The molecule has 1 aromatic rings. The van der Waals surface area contributed by atoms with Gasteiger partial charge in [0.2, 0.25) is 0 Å². The van der Waals surface area contributed by atoms with Crippen LogP contribution in [-0.2, 0) is 13.0 Å². The van der Waals surface area contributed by atoms with Crippen molar-refractivity contribution in [2.75, 3.05) is 6.54 Å². The summed E-state index contributed by atoms with van der Waals surface area (Å²) in [6.45, 7) is 3.44. The van der Waals surface area contributed by atoms with E-state index in [1.165, 1.54) is 5.69 Å². The number of aryl methyl sites for hydroxylation is 1. The summed E-state index contributed by atoms with van der Waals surface area (Å²) in [5.41, 5.74) is 6.67. The molecule has 0 aliphatic heterocycles. The fourth-order valence-electron chi connectivity index (χ4n) is 1.21. The molecule has 0 saturated carbocycles. The van der Waals surface area contributed by atoms with Crippen LogP contribution in [0.25, 0.3) is 0 Å². The maximum absolute atomic E-state index is 5.47. The number of rotatable bonds is 4. The van der Waals surface area contributed by atoms with Crippen molar-refractivity contribution in [3.05, 3.63) is 18.2 Å². The van der Waals surface area contributed by atoms with Crippen LogP contribution in [0.15, 0.2) is 12.5 Å². The van der Waals surface area contributed by atoms with Crippen LogP contribution in [0.3, 0.4) is 0 Å². The highest BCUT2D eigenvalue weighted by atomic mass is 15.0. The lowest BCUT2D eigenvalue weighted by Crippen LogP contribution is -2.08. The maximum Gasteiger partial charge on any atom is 0.0948 e. The largest absolute Gasteiger partial charge is 0.334 e. The number of aromatic nitrogens is 2. The summed E-state index contributed by atoms with van der Waals surface area (Å²) in [6.07, 6.45) is 5.47. The van der Waals surface area contributed by atoms with Crippen molar-refractivity contribution in [1.29, 1.82) is 0 Å². The molecule has 3 heteroatoms. The molecule has 0 amide bonds. The summed E-state index contributed by atoms with van der Waals surface area (Å²) in [5.74, 6) is 5.90. The molecule has 0 bridgehead atoms. The van der Waals surface area contributed by atoms with Gasteiger partial charge in [0.15, 0.2) is 0 Å². The molecule has 0 aliphatic rings. The van der Waals surface area contributed by atoms with E-state index in [9.17, 15) is 0 Å². The number of nitrogens with two attached hydrogens (primary N) is 1. The summed E-state index contributed by atoms with van der Waals surface area (Å²) in [5, 5.41) is 0. The Labute approximate surface area is 79.0 Å². The summed E-state index contributed by atoms with van der Waals surface area (Å²) in [4.78, 5) is 4.08. The lowest BCUT2D eigenvalue weighted by Gasteiger charge is -2.03. The van der Waals surface area contributed by atoms with Crippen LogP contribution in [-0.4, -0.2) is 16.1 Å². The van der Waals surface area contributed by atoms with Crippen molar-refractivity contribution in [3.8, 4) is 11.8 Å².